The topological polar surface area (TPSA) is 41.4 Å². The van der Waals surface area contributed by atoms with E-state index < -0.39 is 0 Å². The van der Waals surface area contributed by atoms with Crippen molar-refractivity contribution < 1.29 is 0 Å². The molecule has 0 N–H and O–H groups in total. The number of benzene rings is 1. The zero-order valence-corrected chi connectivity index (χ0v) is 16.4. The largest absolute Gasteiger partial charge is 0.366 e. The summed E-state index contributed by atoms with van der Waals surface area (Å²) in [6.07, 6.45) is 5.39. The summed E-state index contributed by atoms with van der Waals surface area (Å²) in [6, 6.07) is 5.44. The summed E-state index contributed by atoms with van der Waals surface area (Å²) in [4.78, 5) is 17.5. The summed E-state index contributed by atoms with van der Waals surface area (Å²) in [6.45, 7) is 3.89. The Morgan fingerprint density at radius 2 is 1.88 bits per heavy atom. The predicted molar refractivity (Wildman–Crippen MR) is 106 cm³/mol. The second-order valence-corrected chi connectivity index (χ2v) is 8.01. The molecular formula is C18H19Cl3N4O. The molecule has 2 saturated heterocycles. The van der Waals surface area contributed by atoms with Crippen LogP contribution in [0.15, 0.2) is 29.2 Å². The lowest BCUT2D eigenvalue weighted by molar-refractivity contribution is 0.133. The molecule has 5 nitrogen and oxygen atoms in total. The highest BCUT2D eigenvalue weighted by Crippen LogP contribution is 2.29. The van der Waals surface area contributed by atoms with Crippen LogP contribution >= 0.6 is 34.8 Å². The Hall–Kier alpha value is -1.27. The minimum Gasteiger partial charge on any atom is -0.366 e. The Kier molecular flexibility index (Phi) is 5.15. The molecular weight excluding hydrogens is 395 g/mol. The van der Waals surface area contributed by atoms with Crippen LogP contribution in [0, 0.1) is 0 Å². The first-order valence-corrected chi connectivity index (χ1v) is 9.90. The van der Waals surface area contributed by atoms with Gasteiger partial charge in [0, 0.05) is 30.7 Å². The highest BCUT2D eigenvalue weighted by molar-refractivity contribution is 6.36. The van der Waals surface area contributed by atoms with Crippen LogP contribution in [0.2, 0.25) is 15.1 Å². The van der Waals surface area contributed by atoms with E-state index >= 15 is 0 Å². The molecule has 0 bridgehead atoms. The van der Waals surface area contributed by atoms with Gasteiger partial charge >= 0.3 is 0 Å². The van der Waals surface area contributed by atoms with Crippen molar-refractivity contribution in [2.24, 2.45) is 0 Å². The average Bonchev–Trinajstić information content (AvgIpc) is 2.64. The van der Waals surface area contributed by atoms with Crippen LogP contribution in [0.5, 0.6) is 0 Å². The summed E-state index contributed by atoms with van der Waals surface area (Å²) < 4.78 is 1.22. The molecule has 0 spiro atoms. The van der Waals surface area contributed by atoms with Gasteiger partial charge in [0.1, 0.15) is 5.02 Å². The molecule has 138 valence electrons. The molecule has 1 atom stereocenters. The molecule has 2 aliphatic heterocycles. The Morgan fingerprint density at radius 1 is 1.04 bits per heavy atom. The molecule has 0 amide bonds. The third-order valence-corrected chi connectivity index (χ3v) is 6.11. The van der Waals surface area contributed by atoms with E-state index in [1.807, 2.05) is 0 Å². The normalized spacial score (nSPS) is 20.9. The number of piperidine rings is 1. The lowest BCUT2D eigenvalue weighted by atomic mass is 9.99. The van der Waals surface area contributed by atoms with Gasteiger partial charge in [0.2, 0.25) is 0 Å². The number of nitrogens with zero attached hydrogens (tertiary/aromatic N) is 4. The van der Waals surface area contributed by atoms with Crippen LogP contribution in [-0.4, -0.2) is 46.9 Å². The van der Waals surface area contributed by atoms with Gasteiger partial charge in [-0.2, -0.15) is 9.78 Å². The minimum atomic E-state index is -0.375. The van der Waals surface area contributed by atoms with Gasteiger partial charge in [-0.05, 0) is 37.6 Å². The molecule has 26 heavy (non-hydrogen) atoms. The molecule has 0 saturated carbocycles. The van der Waals surface area contributed by atoms with E-state index in [1.165, 1.54) is 30.5 Å². The summed E-state index contributed by atoms with van der Waals surface area (Å²) >= 11 is 18.6. The lowest BCUT2D eigenvalue weighted by Crippen LogP contribution is -2.55. The first-order valence-electron chi connectivity index (χ1n) is 8.77. The van der Waals surface area contributed by atoms with Crippen molar-refractivity contribution in [2.75, 3.05) is 31.1 Å². The van der Waals surface area contributed by atoms with Gasteiger partial charge < -0.3 is 4.90 Å². The van der Waals surface area contributed by atoms with Gasteiger partial charge in [-0.3, -0.25) is 9.69 Å². The molecule has 1 unspecified atom stereocenters. The highest BCUT2D eigenvalue weighted by atomic mass is 35.5. The number of rotatable bonds is 2. The second-order valence-electron chi connectivity index (χ2n) is 6.79. The summed E-state index contributed by atoms with van der Waals surface area (Å²) in [5, 5.41) is 5.35. The van der Waals surface area contributed by atoms with Crippen molar-refractivity contribution in [1.29, 1.82) is 0 Å². The molecule has 4 rings (SSSR count). The van der Waals surface area contributed by atoms with Crippen molar-refractivity contribution in [3.63, 3.8) is 0 Å². The van der Waals surface area contributed by atoms with Crippen molar-refractivity contribution >= 4 is 40.5 Å². The first-order chi connectivity index (χ1) is 12.5. The maximum Gasteiger partial charge on any atom is 0.292 e. The third kappa shape index (κ3) is 3.33. The molecule has 8 heteroatoms. The van der Waals surface area contributed by atoms with E-state index in [0.29, 0.717) is 27.5 Å². The highest BCUT2D eigenvalue weighted by Gasteiger charge is 2.30. The number of halogens is 3. The van der Waals surface area contributed by atoms with Crippen LogP contribution in [0.3, 0.4) is 0 Å². The number of hydrogen-bond acceptors (Lipinski definition) is 4. The van der Waals surface area contributed by atoms with Crippen molar-refractivity contribution in [3.8, 4) is 5.69 Å². The van der Waals surface area contributed by atoms with E-state index in [-0.39, 0.29) is 10.6 Å². The van der Waals surface area contributed by atoms with E-state index in [2.05, 4.69) is 14.9 Å². The van der Waals surface area contributed by atoms with Crippen LogP contribution in [0.25, 0.3) is 5.69 Å². The maximum absolute atomic E-state index is 12.8. The van der Waals surface area contributed by atoms with Gasteiger partial charge in [-0.1, -0.05) is 41.2 Å². The molecule has 1 aromatic heterocycles. The standard InChI is InChI=1S/C18H19Cl3N4O/c19-12-4-5-15(14(20)9-12)25-18(26)17(21)16(10-22-25)24-8-7-23-6-2-1-3-13(23)11-24/h4-5,9-10,13H,1-3,6-8,11H2. The fourth-order valence-corrected chi connectivity index (χ4v) is 4.58. The van der Waals surface area contributed by atoms with E-state index in [4.69, 9.17) is 34.8 Å². The van der Waals surface area contributed by atoms with E-state index in [9.17, 15) is 4.79 Å². The fourth-order valence-electron chi connectivity index (χ4n) is 3.84. The first kappa shape index (κ1) is 18.1. The van der Waals surface area contributed by atoms with E-state index in [1.54, 1.807) is 24.4 Å². The SMILES string of the molecule is O=c1c(Cl)c(N2CCN3CCCCC3C2)cnn1-c1ccc(Cl)cc1Cl. The molecule has 3 heterocycles. The zero-order valence-electron chi connectivity index (χ0n) is 14.2. The molecule has 0 radical (unpaired) electrons. The number of hydrogen-bond donors (Lipinski definition) is 0. The number of aromatic nitrogens is 2. The minimum absolute atomic E-state index is 0.176. The Morgan fingerprint density at radius 3 is 2.69 bits per heavy atom. The number of fused-ring (bicyclic) bond motifs is 1. The lowest BCUT2D eigenvalue weighted by Gasteiger charge is -2.44. The van der Waals surface area contributed by atoms with Crippen LogP contribution in [-0.2, 0) is 0 Å². The molecule has 2 aromatic rings. The molecule has 2 fully saturated rings. The third-order valence-electron chi connectivity index (χ3n) is 5.22. The van der Waals surface area contributed by atoms with E-state index in [0.717, 1.165) is 19.6 Å². The van der Waals surface area contributed by atoms with Gasteiger partial charge in [0.25, 0.3) is 5.56 Å². The maximum atomic E-state index is 12.8. The van der Waals surface area contributed by atoms with Gasteiger partial charge in [-0.15, -0.1) is 0 Å². The van der Waals surface area contributed by atoms with Crippen LogP contribution in [0.1, 0.15) is 19.3 Å². The molecule has 2 aliphatic rings. The zero-order chi connectivity index (χ0) is 18.3. The van der Waals surface area contributed by atoms with Crippen molar-refractivity contribution in [3.05, 3.63) is 49.8 Å². The fraction of sp³-hybridized carbons (Fsp3) is 0.444. The summed E-state index contributed by atoms with van der Waals surface area (Å²) in [7, 11) is 0. The summed E-state index contributed by atoms with van der Waals surface area (Å²) in [5.41, 5.74) is 0.786. The van der Waals surface area contributed by atoms with Crippen molar-refractivity contribution in [2.45, 2.75) is 25.3 Å². The summed E-state index contributed by atoms with van der Waals surface area (Å²) in [5.74, 6) is 0. The molecule has 1 aromatic carbocycles. The van der Waals surface area contributed by atoms with Crippen LogP contribution in [0.4, 0.5) is 5.69 Å². The number of piperazine rings is 1. The quantitative estimate of drug-likeness (QED) is 0.749. The smallest absolute Gasteiger partial charge is 0.292 e. The van der Waals surface area contributed by atoms with Gasteiger partial charge in [0.15, 0.2) is 0 Å². The van der Waals surface area contributed by atoms with Crippen LogP contribution < -0.4 is 10.5 Å². The second kappa shape index (κ2) is 7.39. The average molecular weight is 414 g/mol. The van der Waals surface area contributed by atoms with Gasteiger partial charge in [-0.25, -0.2) is 0 Å². The Bertz CT molecular complexity index is 885. The molecule has 0 aliphatic carbocycles. The number of anilines is 1. The Balaban J connectivity index is 1.65. The predicted octanol–water partition coefficient (Wildman–Crippen LogP) is 3.87. The van der Waals surface area contributed by atoms with Gasteiger partial charge in [0.05, 0.1) is 22.6 Å². The Labute approximate surface area is 167 Å². The van der Waals surface area contributed by atoms with Crippen molar-refractivity contribution in [1.82, 2.24) is 14.7 Å². The monoisotopic (exact) mass is 412 g/mol.